The standard InChI is InChI=1S/C13H15N/c1-10(14-2)12-9-5-7-11-6-3-4-8-13(11)12/h3-4,6,8,10,12H,5,7,9H2,1H3. The highest BCUT2D eigenvalue weighted by molar-refractivity contribution is 5.34. The molecule has 1 heteroatoms. The molecular formula is C13H15N. The Labute approximate surface area is 85.6 Å². The molecule has 0 fully saturated rings. The number of aryl methyl sites for hydroxylation is 1. The van der Waals surface area contributed by atoms with Crippen LogP contribution in [-0.2, 0) is 6.42 Å². The fourth-order valence-corrected chi connectivity index (χ4v) is 2.38. The fourth-order valence-electron chi connectivity index (χ4n) is 2.38. The second kappa shape index (κ2) is 3.84. The fraction of sp³-hybridized carbons (Fsp3) is 0.462. The van der Waals surface area contributed by atoms with Crippen molar-refractivity contribution < 1.29 is 0 Å². The molecule has 1 aliphatic carbocycles. The number of nitrogens with zero attached hydrogens (tertiary/aromatic N) is 1. The summed E-state index contributed by atoms with van der Waals surface area (Å²) in [6, 6.07) is 8.73. The Balaban J connectivity index is 2.36. The van der Waals surface area contributed by atoms with Crippen molar-refractivity contribution in [1.29, 1.82) is 0 Å². The second-order valence-corrected chi connectivity index (χ2v) is 4.07. The van der Waals surface area contributed by atoms with Gasteiger partial charge in [0.25, 0.3) is 0 Å². The van der Waals surface area contributed by atoms with Crippen LogP contribution in [0, 0.1) is 6.57 Å². The van der Waals surface area contributed by atoms with Gasteiger partial charge in [0, 0.05) is 6.92 Å². The molecule has 14 heavy (non-hydrogen) atoms. The number of benzene rings is 1. The quantitative estimate of drug-likeness (QED) is 0.590. The third kappa shape index (κ3) is 1.53. The van der Waals surface area contributed by atoms with E-state index in [0.717, 1.165) is 0 Å². The Kier molecular flexibility index (Phi) is 2.54. The van der Waals surface area contributed by atoms with Gasteiger partial charge in [-0.15, -0.1) is 0 Å². The molecule has 1 aliphatic rings. The maximum atomic E-state index is 7.11. The zero-order valence-electron chi connectivity index (χ0n) is 8.53. The summed E-state index contributed by atoms with van der Waals surface area (Å²) in [4.78, 5) is 3.66. The molecular weight excluding hydrogens is 170 g/mol. The van der Waals surface area contributed by atoms with Crippen molar-refractivity contribution >= 4 is 0 Å². The lowest BCUT2D eigenvalue weighted by atomic mass is 9.79. The summed E-state index contributed by atoms with van der Waals surface area (Å²) in [6.45, 7) is 9.15. The van der Waals surface area contributed by atoms with Crippen molar-refractivity contribution in [3.05, 3.63) is 46.8 Å². The Bertz CT molecular complexity index is 362. The molecule has 1 nitrogen and oxygen atoms in total. The second-order valence-electron chi connectivity index (χ2n) is 4.07. The summed E-state index contributed by atoms with van der Waals surface area (Å²) in [7, 11) is 0. The molecule has 0 bridgehead atoms. The highest BCUT2D eigenvalue weighted by Gasteiger charge is 2.27. The molecule has 0 saturated carbocycles. The van der Waals surface area contributed by atoms with Crippen molar-refractivity contribution in [2.24, 2.45) is 0 Å². The van der Waals surface area contributed by atoms with Crippen LogP contribution >= 0.6 is 0 Å². The summed E-state index contributed by atoms with van der Waals surface area (Å²) >= 11 is 0. The van der Waals surface area contributed by atoms with E-state index < -0.39 is 0 Å². The molecule has 2 unspecified atom stereocenters. The summed E-state index contributed by atoms with van der Waals surface area (Å²) in [5.41, 5.74) is 2.88. The molecule has 2 rings (SSSR count). The van der Waals surface area contributed by atoms with Crippen LogP contribution < -0.4 is 0 Å². The van der Waals surface area contributed by atoms with Crippen LogP contribution in [0.2, 0.25) is 0 Å². The van der Waals surface area contributed by atoms with Crippen molar-refractivity contribution in [1.82, 2.24) is 0 Å². The zero-order chi connectivity index (χ0) is 9.97. The van der Waals surface area contributed by atoms with Crippen LogP contribution in [0.1, 0.15) is 36.8 Å². The third-order valence-corrected chi connectivity index (χ3v) is 3.20. The van der Waals surface area contributed by atoms with Crippen molar-refractivity contribution in [2.75, 3.05) is 0 Å². The van der Waals surface area contributed by atoms with E-state index >= 15 is 0 Å². The summed E-state index contributed by atoms with van der Waals surface area (Å²) in [5, 5.41) is 0. The maximum Gasteiger partial charge on any atom is 0.227 e. The lowest BCUT2D eigenvalue weighted by Gasteiger charge is -2.24. The van der Waals surface area contributed by atoms with Crippen LogP contribution in [-0.4, -0.2) is 6.04 Å². The van der Waals surface area contributed by atoms with Crippen molar-refractivity contribution in [3.63, 3.8) is 0 Å². The molecule has 1 aromatic rings. The molecule has 0 spiro atoms. The predicted octanol–water partition coefficient (Wildman–Crippen LogP) is 3.41. The minimum atomic E-state index is 0.136. The topological polar surface area (TPSA) is 4.36 Å². The first kappa shape index (κ1) is 9.27. The van der Waals surface area contributed by atoms with E-state index in [2.05, 4.69) is 29.1 Å². The molecule has 0 N–H and O–H groups in total. The SMILES string of the molecule is [C-]#[N+]C(C)C1CCCc2ccccc21. The minimum Gasteiger partial charge on any atom is -0.313 e. The van der Waals surface area contributed by atoms with Gasteiger partial charge in [-0.3, -0.25) is 0 Å². The monoisotopic (exact) mass is 185 g/mol. The van der Waals surface area contributed by atoms with E-state index in [-0.39, 0.29) is 6.04 Å². The Morgan fingerprint density at radius 2 is 2.21 bits per heavy atom. The van der Waals surface area contributed by atoms with Gasteiger partial charge in [0.2, 0.25) is 6.04 Å². The minimum absolute atomic E-state index is 0.136. The van der Waals surface area contributed by atoms with Gasteiger partial charge in [-0.05, 0) is 30.4 Å². The van der Waals surface area contributed by atoms with Gasteiger partial charge in [0.1, 0.15) is 0 Å². The molecule has 0 heterocycles. The smallest absolute Gasteiger partial charge is 0.227 e. The predicted molar refractivity (Wildman–Crippen MR) is 58.2 cm³/mol. The normalized spacial score (nSPS) is 22.1. The Morgan fingerprint density at radius 3 is 3.00 bits per heavy atom. The highest BCUT2D eigenvalue weighted by atomic mass is 14.7. The average Bonchev–Trinajstić information content (AvgIpc) is 2.27. The number of fused-ring (bicyclic) bond motifs is 1. The van der Waals surface area contributed by atoms with Crippen LogP contribution in [0.25, 0.3) is 4.85 Å². The molecule has 0 aromatic heterocycles. The van der Waals surface area contributed by atoms with Crippen LogP contribution in [0.4, 0.5) is 0 Å². The summed E-state index contributed by atoms with van der Waals surface area (Å²) < 4.78 is 0. The third-order valence-electron chi connectivity index (χ3n) is 3.20. The van der Waals surface area contributed by atoms with E-state index in [0.29, 0.717) is 5.92 Å². The molecule has 0 aliphatic heterocycles. The van der Waals surface area contributed by atoms with Gasteiger partial charge in [-0.1, -0.05) is 24.3 Å². The Hall–Kier alpha value is -1.29. The zero-order valence-corrected chi connectivity index (χ0v) is 8.53. The van der Waals surface area contributed by atoms with Gasteiger partial charge in [-0.25, -0.2) is 6.57 Å². The van der Waals surface area contributed by atoms with E-state index in [1.807, 2.05) is 6.92 Å². The van der Waals surface area contributed by atoms with Crippen LogP contribution in [0.15, 0.2) is 24.3 Å². The molecule has 0 amide bonds. The van der Waals surface area contributed by atoms with Crippen LogP contribution in [0.3, 0.4) is 0 Å². The number of rotatable bonds is 1. The van der Waals surface area contributed by atoms with Crippen LogP contribution in [0.5, 0.6) is 0 Å². The number of hydrogen-bond donors (Lipinski definition) is 0. The first-order chi connectivity index (χ1) is 6.83. The average molecular weight is 185 g/mol. The lowest BCUT2D eigenvalue weighted by molar-refractivity contribution is 0.520. The van der Waals surface area contributed by atoms with Gasteiger partial charge < -0.3 is 4.85 Å². The molecule has 0 radical (unpaired) electrons. The molecule has 1 aromatic carbocycles. The van der Waals surface area contributed by atoms with E-state index in [1.165, 1.54) is 30.4 Å². The summed E-state index contributed by atoms with van der Waals surface area (Å²) in [5.74, 6) is 0.470. The van der Waals surface area contributed by atoms with E-state index in [1.54, 1.807) is 0 Å². The van der Waals surface area contributed by atoms with E-state index in [9.17, 15) is 0 Å². The first-order valence-corrected chi connectivity index (χ1v) is 5.27. The van der Waals surface area contributed by atoms with Gasteiger partial charge >= 0.3 is 0 Å². The Morgan fingerprint density at radius 1 is 1.43 bits per heavy atom. The lowest BCUT2D eigenvalue weighted by Crippen LogP contribution is -2.17. The van der Waals surface area contributed by atoms with Crippen molar-refractivity contribution in [2.45, 2.75) is 38.1 Å². The van der Waals surface area contributed by atoms with Gasteiger partial charge in [0.05, 0.1) is 5.92 Å². The van der Waals surface area contributed by atoms with Crippen molar-refractivity contribution in [3.8, 4) is 0 Å². The number of hydrogen-bond acceptors (Lipinski definition) is 0. The maximum absolute atomic E-state index is 7.11. The molecule has 2 atom stereocenters. The first-order valence-electron chi connectivity index (χ1n) is 5.27. The highest BCUT2D eigenvalue weighted by Crippen LogP contribution is 2.34. The molecule has 72 valence electrons. The molecule has 0 saturated heterocycles. The summed E-state index contributed by atoms with van der Waals surface area (Å²) in [6.07, 6.45) is 3.61. The van der Waals surface area contributed by atoms with Gasteiger partial charge in [-0.2, -0.15) is 0 Å². The largest absolute Gasteiger partial charge is 0.313 e. The van der Waals surface area contributed by atoms with Gasteiger partial charge in [0.15, 0.2) is 0 Å². The van der Waals surface area contributed by atoms with E-state index in [4.69, 9.17) is 6.57 Å².